The number of amides is 1. The number of hydrogen-bond donors (Lipinski definition) is 3. The summed E-state index contributed by atoms with van der Waals surface area (Å²) in [5, 5.41) is 7.38. The lowest BCUT2D eigenvalue weighted by atomic mass is 10.1. The molecule has 0 spiro atoms. The van der Waals surface area contributed by atoms with Crippen LogP contribution >= 0.6 is 15.9 Å². The Morgan fingerprint density at radius 1 is 1.21 bits per heavy atom. The molecule has 3 N–H and O–H groups in total. The van der Waals surface area contributed by atoms with Crippen molar-refractivity contribution in [3.8, 4) is 11.3 Å². The number of carbonyl (C=O) groups excluding carboxylic acids is 1. The molecular weight excluding hydrogens is 420 g/mol. The Balaban J connectivity index is 1.62. The first-order chi connectivity index (χ1) is 13.3. The second kappa shape index (κ2) is 8.65. The fourth-order valence-corrected chi connectivity index (χ4v) is 3.32. The zero-order valence-corrected chi connectivity index (χ0v) is 17.9. The Morgan fingerprint density at radius 3 is 2.75 bits per heavy atom. The molecule has 3 aromatic rings. The number of ether oxygens (including phenoxy) is 1. The van der Waals surface area contributed by atoms with Gasteiger partial charge >= 0.3 is 6.09 Å². The van der Waals surface area contributed by atoms with Gasteiger partial charge in [-0.15, -0.1) is 0 Å². The summed E-state index contributed by atoms with van der Waals surface area (Å²) >= 11 is 3.59. The minimum absolute atomic E-state index is 0.392. The summed E-state index contributed by atoms with van der Waals surface area (Å²) in [7, 11) is 0. The molecule has 6 nitrogen and oxygen atoms in total. The van der Waals surface area contributed by atoms with Gasteiger partial charge in [-0.25, -0.2) is 4.79 Å². The smallest absolute Gasteiger partial charge is 0.407 e. The Kier molecular flexibility index (Phi) is 6.24. The summed E-state index contributed by atoms with van der Waals surface area (Å²) in [4.78, 5) is 19.5. The van der Waals surface area contributed by atoms with Crippen LogP contribution in [0.15, 0.2) is 47.2 Å². The Bertz CT molecular complexity index is 929. The fourth-order valence-electron chi connectivity index (χ4n) is 2.84. The predicted octanol–water partition coefficient (Wildman–Crippen LogP) is 5.32. The van der Waals surface area contributed by atoms with E-state index in [1.54, 1.807) is 6.20 Å². The van der Waals surface area contributed by atoms with Crippen LogP contribution in [0.4, 0.5) is 10.5 Å². The minimum Gasteiger partial charge on any atom is -0.444 e. The molecule has 0 fully saturated rings. The summed E-state index contributed by atoms with van der Waals surface area (Å²) in [6, 6.07) is 10.3. The van der Waals surface area contributed by atoms with Crippen LogP contribution in [-0.4, -0.2) is 34.8 Å². The zero-order chi connectivity index (χ0) is 20.1. The number of anilines is 1. The number of halogens is 1. The molecule has 0 aliphatic carbocycles. The third kappa shape index (κ3) is 5.25. The molecule has 3 rings (SSSR count). The highest BCUT2D eigenvalue weighted by atomic mass is 79.9. The van der Waals surface area contributed by atoms with Crippen LogP contribution in [0, 0.1) is 0 Å². The van der Waals surface area contributed by atoms with Crippen molar-refractivity contribution < 1.29 is 9.53 Å². The number of nitrogens with zero attached hydrogens (tertiary/aromatic N) is 1. The van der Waals surface area contributed by atoms with Gasteiger partial charge in [-0.05, 0) is 55.3 Å². The maximum absolute atomic E-state index is 11.7. The highest BCUT2D eigenvalue weighted by Gasteiger charge is 2.15. The second-order valence-electron chi connectivity index (χ2n) is 7.52. The average molecular weight is 445 g/mol. The van der Waals surface area contributed by atoms with Crippen molar-refractivity contribution in [2.24, 2.45) is 0 Å². The van der Waals surface area contributed by atoms with Gasteiger partial charge in [-0.3, -0.25) is 4.98 Å². The van der Waals surface area contributed by atoms with Gasteiger partial charge in [0.25, 0.3) is 0 Å². The lowest BCUT2D eigenvalue weighted by molar-refractivity contribution is 0.0528. The second-order valence-corrected chi connectivity index (χ2v) is 8.38. The zero-order valence-electron chi connectivity index (χ0n) is 16.3. The number of para-hydroxylation sites is 1. The van der Waals surface area contributed by atoms with E-state index >= 15 is 0 Å². The van der Waals surface area contributed by atoms with Gasteiger partial charge in [0.05, 0.1) is 15.9 Å². The van der Waals surface area contributed by atoms with Crippen molar-refractivity contribution >= 4 is 38.6 Å². The average Bonchev–Trinajstić information content (AvgIpc) is 3.05. The summed E-state index contributed by atoms with van der Waals surface area (Å²) in [5.41, 5.74) is 3.57. The first-order valence-corrected chi connectivity index (χ1v) is 10.0. The van der Waals surface area contributed by atoms with E-state index in [4.69, 9.17) is 4.74 Å². The number of alkyl carbamates (subject to hydrolysis) is 1. The largest absolute Gasteiger partial charge is 0.444 e. The first kappa shape index (κ1) is 20.2. The summed E-state index contributed by atoms with van der Waals surface area (Å²) in [6.07, 6.45) is 3.99. The highest BCUT2D eigenvalue weighted by Crippen LogP contribution is 2.34. The van der Waals surface area contributed by atoms with Gasteiger partial charge in [0.2, 0.25) is 0 Å². The number of H-pyrrole nitrogens is 1. The van der Waals surface area contributed by atoms with Crippen molar-refractivity contribution in [3.63, 3.8) is 0 Å². The molecule has 0 aliphatic heterocycles. The number of benzene rings is 1. The molecule has 0 saturated heterocycles. The van der Waals surface area contributed by atoms with Crippen molar-refractivity contribution in [3.05, 3.63) is 47.2 Å². The molecular formula is C21H25BrN4O2. The predicted molar refractivity (Wildman–Crippen MR) is 117 cm³/mol. The number of pyridine rings is 1. The van der Waals surface area contributed by atoms with E-state index in [-0.39, 0.29) is 0 Å². The number of nitrogens with one attached hydrogen (secondary N) is 3. The van der Waals surface area contributed by atoms with Crippen LogP contribution in [-0.2, 0) is 4.74 Å². The van der Waals surface area contributed by atoms with Gasteiger partial charge in [-0.1, -0.05) is 18.2 Å². The Morgan fingerprint density at radius 2 is 2.00 bits per heavy atom. The molecule has 1 aromatic carbocycles. The molecule has 0 unspecified atom stereocenters. The van der Waals surface area contributed by atoms with Crippen LogP contribution in [0.2, 0.25) is 0 Å². The van der Waals surface area contributed by atoms with Gasteiger partial charge < -0.3 is 20.4 Å². The van der Waals surface area contributed by atoms with E-state index in [1.165, 1.54) is 0 Å². The molecule has 28 heavy (non-hydrogen) atoms. The SMILES string of the molecule is CC(C)(C)OC(=O)NCCCNc1c(Br)cncc1-c1cc2ccccc2[nH]1. The number of fused-ring (bicyclic) bond motifs is 1. The molecule has 0 bridgehead atoms. The van der Waals surface area contributed by atoms with Crippen LogP contribution in [0.25, 0.3) is 22.2 Å². The lowest BCUT2D eigenvalue weighted by Gasteiger charge is -2.19. The van der Waals surface area contributed by atoms with E-state index in [0.717, 1.165) is 38.7 Å². The van der Waals surface area contributed by atoms with Crippen LogP contribution < -0.4 is 10.6 Å². The number of aromatic amines is 1. The maximum atomic E-state index is 11.7. The van der Waals surface area contributed by atoms with Gasteiger partial charge in [-0.2, -0.15) is 0 Å². The van der Waals surface area contributed by atoms with Crippen molar-refractivity contribution in [2.45, 2.75) is 32.8 Å². The highest BCUT2D eigenvalue weighted by molar-refractivity contribution is 9.10. The quantitative estimate of drug-likeness (QED) is 0.449. The normalized spacial score (nSPS) is 11.4. The topological polar surface area (TPSA) is 79.0 Å². The van der Waals surface area contributed by atoms with Crippen LogP contribution in [0.3, 0.4) is 0 Å². The molecule has 1 amide bonds. The molecule has 0 saturated carbocycles. The molecule has 2 aromatic heterocycles. The summed E-state index contributed by atoms with van der Waals surface area (Å²) in [6.45, 7) is 6.78. The van der Waals surface area contributed by atoms with E-state index in [2.05, 4.69) is 54.7 Å². The van der Waals surface area contributed by atoms with E-state index in [9.17, 15) is 4.79 Å². The minimum atomic E-state index is -0.487. The van der Waals surface area contributed by atoms with Gasteiger partial charge in [0.1, 0.15) is 5.60 Å². The van der Waals surface area contributed by atoms with E-state index < -0.39 is 11.7 Å². The number of rotatable bonds is 6. The maximum Gasteiger partial charge on any atom is 0.407 e. The number of carbonyl (C=O) groups is 1. The van der Waals surface area contributed by atoms with Gasteiger partial charge in [0.15, 0.2) is 0 Å². The number of hydrogen-bond acceptors (Lipinski definition) is 4. The first-order valence-electron chi connectivity index (χ1n) is 9.26. The third-order valence-corrected chi connectivity index (χ3v) is 4.64. The molecule has 0 atom stereocenters. The molecule has 148 valence electrons. The molecule has 7 heteroatoms. The number of aromatic nitrogens is 2. The standard InChI is InChI=1S/C21H25BrN4O2/c1-21(2,3)28-20(27)25-10-6-9-24-19-15(12-23-13-16(19)22)18-11-14-7-4-5-8-17(14)26-18/h4-5,7-8,11-13,26H,6,9-10H2,1-3H3,(H,23,24)(H,25,27). The van der Waals surface area contributed by atoms with Crippen LogP contribution in [0.5, 0.6) is 0 Å². The molecule has 0 aliphatic rings. The van der Waals surface area contributed by atoms with E-state index in [0.29, 0.717) is 13.1 Å². The fraction of sp³-hybridized carbons (Fsp3) is 0.333. The Hall–Kier alpha value is -2.54. The molecule has 0 radical (unpaired) electrons. The molecule has 2 heterocycles. The van der Waals surface area contributed by atoms with Crippen molar-refractivity contribution in [1.29, 1.82) is 0 Å². The summed E-state index contributed by atoms with van der Waals surface area (Å²) in [5.74, 6) is 0. The third-order valence-electron chi connectivity index (χ3n) is 4.04. The van der Waals surface area contributed by atoms with Crippen LogP contribution in [0.1, 0.15) is 27.2 Å². The van der Waals surface area contributed by atoms with E-state index in [1.807, 2.05) is 39.1 Å². The summed E-state index contributed by atoms with van der Waals surface area (Å²) < 4.78 is 6.13. The van der Waals surface area contributed by atoms with Gasteiger partial charge in [0, 0.05) is 41.9 Å². The van der Waals surface area contributed by atoms with Crippen molar-refractivity contribution in [1.82, 2.24) is 15.3 Å². The monoisotopic (exact) mass is 444 g/mol. The Labute approximate surface area is 173 Å². The lowest BCUT2D eigenvalue weighted by Crippen LogP contribution is -2.33. The van der Waals surface area contributed by atoms with Crippen molar-refractivity contribution in [2.75, 3.05) is 18.4 Å².